The van der Waals surface area contributed by atoms with Crippen LogP contribution in [0.2, 0.25) is 0 Å². The molecule has 2 rings (SSSR count). The van der Waals surface area contributed by atoms with Gasteiger partial charge in [-0.2, -0.15) is 13.2 Å². The Hall–Kier alpha value is -1.52. The first-order valence-corrected chi connectivity index (χ1v) is 7.40. The maximum Gasteiger partial charge on any atom is 0.417 e. The molecule has 21 heavy (non-hydrogen) atoms. The van der Waals surface area contributed by atoms with Crippen molar-refractivity contribution in [2.45, 2.75) is 51.2 Å². The van der Waals surface area contributed by atoms with Crippen molar-refractivity contribution in [1.82, 2.24) is 0 Å². The lowest BCUT2D eigenvalue weighted by atomic mass is 10.0. The van der Waals surface area contributed by atoms with Crippen LogP contribution in [0.4, 0.5) is 18.9 Å². The highest BCUT2D eigenvalue weighted by atomic mass is 19.4. The summed E-state index contributed by atoms with van der Waals surface area (Å²) in [7, 11) is 0. The number of benzene rings is 1. The average Bonchev–Trinajstić information content (AvgIpc) is 2.70. The van der Waals surface area contributed by atoms with E-state index in [-0.39, 0.29) is 17.9 Å². The lowest BCUT2D eigenvalue weighted by Gasteiger charge is -2.32. The number of hydrogen-bond donors (Lipinski definition) is 0. The van der Waals surface area contributed by atoms with Gasteiger partial charge in [0, 0.05) is 23.8 Å². The van der Waals surface area contributed by atoms with Gasteiger partial charge in [-0.15, -0.1) is 0 Å². The van der Waals surface area contributed by atoms with Crippen LogP contribution >= 0.6 is 0 Å². The fraction of sp³-hybridized carbons (Fsp3) is 0.562. The Morgan fingerprint density at radius 3 is 2.67 bits per heavy atom. The summed E-state index contributed by atoms with van der Waals surface area (Å²) < 4.78 is 39.2. The first-order valence-electron chi connectivity index (χ1n) is 7.40. The Labute approximate surface area is 122 Å². The molecule has 0 amide bonds. The van der Waals surface area contributed by atoms with Gasteiger partial charge >= 0.3 is 6.18 Å². The molecule has 0 radical (unpaired) electrons. The molecule has 1 aromatic rings. The third kappa shape index (κ3) is 3.57. The van der Waals surface area contributed by atoms with Crippen molar-refractivity contribution in [3.63, 3.8) is 0 Å². The molecular formula is C16H20F3NO. The first kappa shape index (κ1) is 15.9. The number of rotatable bonds is 3. The third-order valence-corrected chi connectivity index (χ3v) is 4.15. The monoisotopic (exact) mass is 299 g/mol. The predicted octanol–water partition coefficient (Wildman–Crippen LogP) is 4.68. The maximum absolute atomic E-state index is 13.1. The summed E-state index contributed by atoms with van der Waals surface area (Å²) in [6, 6.07) is 4.31. The van der Waals surface area contributed by atoms with Gasteiger partial charge < -0.3 is 4.90 Å². The van der Waals surface area contributed by atoms with Gasteiger partial charge in [0.05, 0.1) is 5.56 Å². The Bertz CT molecular complexity index is 499. The molecular weight excluding hydrogens is 279 g/mol. The number of hydrogen-bond acceptors (Lipinski definition) is 2. The van der Waals surface area contributed by atoms with E-state index in [4.69, 9.17) is 0 Å². The molecule has 0 N–H and O–H groups in total. The Morgan fingerprint density at radius 1 is 1.29 bits per heavy atom. The van der Waals surface area contributed by atoms with Crippen molar-refractivity contribution in [2.75, 3.05) is 11.4 Å². The number of anilines is 1. The van der Waals surface area contributed by atoms with Crippen LogP contribution in [0.3, 0.4) is 0 Å². The minimum absolute atomic E-state index is 0.270. The topological polar surface area (TPSA) is 20.3 Å². The summed E-state index contributed by atoms with van der Waals surface area (Å²) in [6.45, 7) is 2.84. The van der Waals surface area contributed by atoms with Gasteiger partial charge in [-0.3, -0.25) is 4.79 Å². The van der Waals surface area contributed by atoms with E-state index in [0.717, 1.165) is 44.7 Å². The molecule has 1 aromatic carbocycles. The van der Waals surface area contributed by atoms with E-state index in [1.165, 1.54) is 6.07 Å². The van der Waals surface area contributed by atoms with Gasteiger partial charge in [0.1, 0.15) is 0 Å². The number of aldehydes is 1. The van der Waals surface area contributed by atoms with Crippen molar-refractivity contribution >= 4 is 12.0 Å². The summed E-state index contributed by atoms with van der Waals surface area (Å²) in [5.74, 6) is 0. The number of alkyl halides is 3. The highest BCUT2D eigenvalue weighted by Gasteiger charge is 2.34. The maximum atomic E-state index is 13.1. The molecule has 0 aliphatic carbocycles. The number of halogens is 3. The fourth-order valence-corrected chi connectivity index (χ4v) is 3.01. The second kappa shape index (κ2) is 6.50. The van der Waals surface area contributed by atoms with E-state index in [9.17, 15) is 18.0 Å². The molecule has 1 saturated heterocycles. The van der Waals surface area contributed by atoms with E-state index >= 15 is 0 Å². The molecule has 1 atom stereocenters. The van der Waals surface area contributed by atoms with Crippen molar-refractivity contribution < 1.29 is 18.0 Å². The summed E-state index contributed by atoms with van der Waals surface area (Å²) in [5, 5.41) is 0. The van der Waals surface area contributed by atoms with Crippen LogP contribution in [0.5, 0.6) is 0 Å². The molecule has 0 spiro atoms. The fourth-order valence-electron chi connectivity index (χ4n) is 3.01. The lowest BCUT2D eigenvalue weighted by molar-refractivity contribution is -0.137. The second-order valence-corrected chi connectivity index (χ2v) is 5.49. The minimum atomic E-state index is -4.50. The molecule has 0 saturated carbocycles. The van der Waals surface area contributed by atoms with Crippen molar-refractivity contribution in [3.05, 3.63) is 29.3 Å². The number of carbonyl (C=O) groups excluding carboxylic acids is 1. The van der Waals surface area contributed by atoms with Crippen LogP contribution in [-0.2, 0) is 6.18 Å². The number of carbonyl (C=O) groups is 1. The average molecular weight is 299 g/mol. The van der Waals surface area contributed by atoms with Gasteiger partial charge in [-0.1, -0.05) is 19.8 Å². The van der Waals surface area contributed by atoms with Gasteiger partial charge in [0.25, 0.3) is 0 Å². The first-order chi connectivity index (χ1) is 9.97. The molecule has 1 aliphatic rings. The lowest BCUT2D eigenvalue weighted by Crippen LogP contribution is -2.34. The zero-order valence-corrected chi connectivity index (χ0v) is 12.1. The summed E-state index contributed by atoms with van der Waals surface area (Å²) in [5.41, 5.74) is -0.565. The predicted molar refractivity (Wildman–Crippen MR) is 76.7 cm³/mol. The van der Waals surface area contributed by atoms with Crippen LogP contribution in [0.15, 0.2) is 18.2 Å². The molecule has 0 bridgehead atoms. The highest BCUT2D eigenvalue weighted by Crippen LogP contribution is 2.35. The highest BCUT2D eigenvalue weighted by molar-refractivity contribution is 5.79. The van der Waals surface area contributed by atoms with Crippen LogP contribution in [0, 0.1) is 0 Å². The van der Waals surface area contributed by atoms with Crippen molar-refractivity contribution in [1.29, 1.82) is 0 Å². The minimum Gasteiger partial charge on any atom is -0.369 e. The van der Waals surface area contributed by atoms with Gasteiger partial charge in [-0.05, 0) is 37.5 Å². The molecule has 116 valence electrons. The zero-order chi connectivity index (χ0) is 15.5. The van der Waals surface area contributed by atoms with E-state index in [0.29, 0.717) is 5.69 Å². The van der Waals surface area contributed by atoms with Crippen molar-refractivity contribution in [3.8, 4) is 0 Å². The van der Waals surface area contributed by atoms with Gasteiger partial charge in [0.2, 0.25) is 0 Å². The van der Waals surface area contributed by atoms with E-state index < -0.39 is 11.7 Å². The molecule has 0 aromatic heterocycles. The van der Waals surface area contributed by atoms with Crippen molar-refractivity contribution in [2.24, 2.45) is 0 Å². The van der Waals surface area contributed by atoms with Crippen LogP contribution in [-0.4, -0.2) is 18.9 Å². The van der Waals surface area contributed by atoms with Gasteiger partial charge in [-0.25, -0.2) is 0 Å². The van der Waals surface area contributed by atoms with E-state index in [1.54, 1.807) is 6.07 Å². The molecule has 2 nitrogen and oxygen atoms in total. The summed E-state index contributed by atoms with van der Waals surface area (Å²) in [6.07, 6.45) is 0.919. The quantitative estimate of drug-likeness (QED) is 0.755. The Morgan fingerprint density at radius 2 is 2.05 bits per heavy atom. The molecule has 1 aliphatic heterocycles. The molecule has 1 fully saturated rings. The SMILES string of the molecule is CCC1CCCCCN1c1ccc(C=O)c(C(F)(F)F)c1. The van der Waals surface area contributed by atoms with Gasteiger partial charge in [0.15, 0.2) is 6.29 Å². The Balaban J connectivity index is 2.40. The summed E-state index contributed by atoms with van der Waals surface area (Å²) >= 11 is 0. The molecule has 1 unspecified atom stereocenters. The summed E-state index contributed by atoms with van der Waals surface area (Å²) in [4.78, 5) is 12.9. The standard InChI is InChI=1S/C16H20F3NO/c1-2-13-6-4-3-5-9-20(13)14-8-7-12(11-21)15(10-14)16(17,18)19/h7-8,10-11,13H,2-6,9H2,1H3. The largest absolute Gasteiger partial charge is 0.417 e. The normalized spacial score (nSPS) is 20.2. The molecule has 1 heterocycles. The smallest absolute Gasteiger partial charge is 0.369 e. The number of nitrogens with zero attached hydrogens (tertiary/aromatic N) is 1. The molecule has 5 heteroatoms. The van der Waals surface area contributed by atoms with Crippen LogP contribution in [0.25, 0.3) is 0 Å². The third-order valence-electron chi connectivity index (χ3n) is 4.15. The van der Waals surface area contributed by atoms with Crippen LogP contribution in [0.1, 0.15) is 54.9 Å². The van der Waals surface area contributed by atoms with E-state index in [1.807, 2.05) is 0 Å². The Kier molecular flexibility index (Phi) is 4.91. The second-order valence-electron chi connectivity index (χ2n) is 5.49. The van der Waals surface area contributed by atoms with E-state index in [2.05, 4.69) is 11.8 Å². The van der Waals surface area contributed by atoms with Crippen LogP contribution < -0.4 is 4.90 Å². The zero-order valence-electron chi connectivity index (χ0n) is 12.1.